The number of benzene rings is 1. The maximum absolute atomic E-state index is 13.1. The number of rotatable bonds is 3. The molecule has 1 heterocycles. The van der Waals surface area contributed by atoms with Crippen LogP contribution in [-0.2, 0) is 4.79 Å². The Kier molecular flexibility index (Phi) is 3.30. The zero-order valence-electron chi connectivity index (χ0n) is 9.63. The third-order valence-electron chi connectivity index (χ3n) is 2.78. The molecule has 1 aromatic carbocycles. The van der Waals surface area contributed by atoms with E-state index >= 15 is 0 Å². The second-order valence-electron chi connectivity index (χ2n) is 4.17. The molecule has 3 nitrogen and oxygen atoms in total. The molecule has 0 fully saturated rings. The van der Waals surface area contributed by atoms with Gasteiger partial charge in [0.25, 0.3) is 11.7 Å². The average Bonchev–Trinajstić information content (AvgIpc) is 2.52. The first kappa shape index (κ1) is 13.5. The Labute approximate surface area is 105 Å². The zero-order valence-corrected chi connectivity index (χ0v) is 9.63. The topological polar surface area (TPSA) is 37.4 Å². The molecule has 2 rings (SSSR count). The zero-order chi connectivity index (χ0) is 14.2. The lowest BCUT2D eigenvalue weighted by molar-refractivity contribution is -0.135. The highest BCUT2D eigenvalue weighted by Gasteiger charge is 2.36. The van der Waals surface area contributed by atoms with Crippen LogP contribution < -0.4 is 4.90 Å². The standard InChI is InChI=1S/C12H9F4NO2/c13-7-2-3-8-9(6-7)17(11(19)10(8)18)5-1-4-12(14,15)16/h2-3,6H,1,4-5H2. The highest BCUT2D eigenvalue weighted by atomic mass is 19.4. The molecule has 1 aliphatic rings. The Bertz CT molecular complexity index is 539. The van der Waals surface area contributed by atoms with Gasteiger partial charge in [0.15, 0.2) is 0 Å². The number of Topliss-reactive ketones (excluding diaryl/α,β-unsaturated/α-hetero) is 1. The molecule has 1 aromatic rings. The summed E-state index contributed by atoms with van der Waals surface area (Å²) in [5, 5.41) is 0. The third kappa shape index (κ3) is 2.74. The van der Waals surface area contributed by atoms with Crippen molar-refractivity contribution in [3.63, 3.8) is 0 Å². The molecule has 1 aliphatic heterocycles. The Morgan fingerprint density at radius 2 is 1.84 bits per heavy atom. The van der Waals surface area contributed by atoms with Crippen LogP contribution in [-0.4, -0.2) is 24.4 Å². The van der Waals surface area contributed by atoms with E-state index in [1.807, 2.05) is 0 Å². The van der Waals surface area contributed by atoms with E-state index in [1.54, 1.807) is 0 Å². The van der Waals surface area contributed by atoms with Crippen LogP contribution in [0.5, 0.6) is 0 Å². The van der Waals surface area contributed by atoms with Crippen LogP contribution in [0.1, 0.15) is 23.2 Å². The largest absolute Gasteiger partial charge is 0.389 e. The van der Waals surface area contributed by atoms with Gasteiger partial charge >= 0.3 is 6.18 Å². The van der Waals surface area contributed by atoms with Crippen molar-refractivity contribution in [3.05, 3.63) is 29.6 Å². The molecule has 0 bridgehead atoms. The first-order chi connectivity index (χ1) is 8.79. The van der Waals surface area contributed by atoms with Crippen LogP contribution in [0.4, 0.5) is 23.2 Å². The number of hydrogen-bond donors (Lipinski definition) is 0. The summed E-state index contributed by atoms with van der Waals surface area (Å²) in [4.78, 5) is 24.0. The van der Waals surface area contributed by atoms with Crippen LogP contribution >= 0.6 is 0 Å². The number of halogens is 4. The molecule has 0 spiro atoms. The highest BCUT2D eigenvalue weighted by Crippen LogP contribution is 2.30. The first-order valence-corrected chi connectivity index (χ1v) is 5.52. The quantitative estimate of drug-likeness (QED) is 0.628. The van der Waals surface area contributed by atoms with Gasteiger partial charge in [0, 0.05) is 13.0 Å². The lowest BCUT2D eigenvalue weighted by Gasteiger charge is -2.16. The van der Waals surface area contributed by atoms with E-state index in [2.05, 4.69) is 0 Å². The molecular formula is C12H9F4NO2. The van der Waals surface area contributed by atoms with Crippen LogP contribution in [0, 0.1) is 5.82 Å². The van der Waals surface area contributed by atoms with Crippen molar-refractivity contribution in [2.24, 2.45) is 0 Å². The summed E-state index contributed by atoms with van der Waals surface area (Å²) in [5.74, 6) is -2.38. The first-order valence-electron chi connectivity index (χ1n) is 5.52. The van der Waals surface area contributed by atoms with Gasteiger partial charge in [-0.15, -0.1) is 0 Å². The van der Waals surface area contributed by atoms with E-state index in [9.17, 15) is 27.2 Å². The molecular weight excluding hydrogens is 266 g/mol. The number of anilines is 1. The fourth-order valence-corrected chi connectivity index (χ4v) is 1.93. The van der Waals surface area contributed by atoms with Gasteiger partial charge in [-0.25, -0.2) is 4.39 Å². The molecule has 7 heteroatoms. The van der Waals surface area contributed by atoms with Gasteiger partial charge in [-0.1, -0.05) is 0 Å². The van der Waals surface area contributed by atoms with Crippen LogP contribution in [0.3, 0.4) is 0 Å². The molecule has 1 amide bonds. The molecule has 0 saturated heterocycles. The predicted molar refractivity (Wildman–Crippen MR) is 58.4 cm³/mol. The summed E-state index contributed by atoms with van der Waals surface area (Å²) >= 11 is 0. The minimum absolute atomic E-state index is 0.0263. The van der Waals surface area contributed by atoms with Gasteiger partial charge in [-0.05, 0) is 24.6 Å². The van der Waals surface area contributed by atoms with Gasteiger partial charge in [-0.2, -0.15) is 13.2 Å². The summed E-state index contributed by atoms with van der Waals surface area (Å²) in [7, 11) is 0. The van der Waals surface area contributed by atoms with Crippen molar-refractivity contribution in [2.75, 3.05) is 11.4 Å². The van der Waals surface area contributed by atoms with E-state index in [0.29, 0.717) is 0 Å². The minimum Gasteiger partial charge on any atom is -0.305 e. The number of carbonyl (C=O) groups excluding carboxylic acids is 2. The van der Waals surface area contributed by atoms with E-state index in [1.165, 1.54) is 0 Å². The molecule has 0 aliphatic carbocycles. The van der Waals surface area contributed by atoms with Crippen molar-refractivity contribution in [2.45, 2.75) is 19.0 Å². The summed E-state index contributed by atoms with van der Waals surface area (Å²) in [6.45, 7) is -0.263. The number of alkyl halides is 3. The maximum Gasteiger partial charge on any atom is 0.389 e. The van der Waals surface area contributed by atoms with E-state index in [4.69, 9.17) is 0 Å². The van der Waals surface area contributed by atoms with Gasteiger partial charge in [0.1, 0.15) is 5.82 Å². The number of amides is 1. The highest BCUT2D eigenvalue weighted by molar-refractivity contribution is 6.52. The Hall–Kier alpha value is -1.92. The monoisotopic (exact) mass is 275 g/mol. The van der Waals surface area contributed by atoms with Gasteiger partial charge in [0.05, 0.1) is 11.3 Å². The van der Waals surface area contributed by atoms with Crippen molar-refractivity contribution in [1.82, 2.24) is 0 Å². The second kappa shape index (κ2) is 4.64. The fraction of sp³-hybridized carbons (Fsp3) is 0.333. The molecule has 0 radical (unpaired) electrons. The lowest BCUT2D eigenvalue weighted by atomic mass is 10.1. The minimum atomic E-state index is -4.32. The van der Waals surface area contributed by atoms with Crippen LogP contribution in [0.15, 0.2) is 18.2 Å². The molecule has 19 heavy (non-hydrogen) atoms. The van der Waals surface area contributed by atoms with E-state index in [0.717, 1.165) is 23.1 Å². The lowest BCUT2D eigenvalue weighted by Crippen LogP contribution is -2.31. The molecule has 0 atom stereocenters. The maximum atomic E-state index is 13.1. The summed E-state index contributed by atoms with van der Waals surface area (Å²) in [6.07, 6.45) is -5.72. The normalized spacial score (nSPS) is 15.1. The summed E-state index contributed by atoms with van der Waals surface area (Å²) in [6, 6.07) is 3.17. The number of fused-ring (bicyclic) bond motifs is 1. The fourth-order valence-electron chi connectivity index (χ4n) is 1.93. The number of nitrogens with zero attached hydrogens (tertiary/aromatic N) is 1. The van der Waals surface area contributed by atoms with Crippen molar-refractivity contribution < 1.29 is 27.2 Å². The van der Waals surface area contributed by atoms with Crippen LogP contribution in [0.25, 0.3) is 0 Å². The summed E-state index contributed by atoms with van der Waals surface area (Å²) < 4.78 is 49.2. The van der Waals surface area contributed by atoms with Crippen LogP contribution in [0.2, 0.25) is 0 Å². The molecule has 102 valence electrons. The van der Waals surface area contributed by atoms with E-state index in [-0.39, 0.29) is 24.2 Å². The molecule has 0 aromatic heterocycles. The van der Waals surface area contributed by atoms with Gasteiger partial charge in [-0.3, -0.25) is 9.59 Å². The van der Waals surface area contributed by atoms with Crippen molar-refractivity contribution in [1.29, 1.82) is 0 Å². The molecule has 0 saturated carbocycles. The average molecular weight is 275 g/mol. The Balaban J connectivity index is 2.16. The SMILES string of the molecule is O=C1C(=O)N(CCCC(F)(F)F)c2cc(F)ccc21. The second-order valence-corrected chi connectivity index (χ2v) is 4.17. The number of carbonyl (C=O) groups is 2. The smallest absolute Gasteiger partial charge is 0.305 e. The Morgan fingerprint density at radius 1 is 1.16 bits per heavy atom. The third-order valence-corrected chi connectivity index (χ3v) is 2.78. The molecule has 0 N–H and O–H groups in total. The molecule has 0 unspecified atom stereocenters. The van der Waals surface area contributed by atoms with Crippen molar-refractivity contribution >= 4 is 17.4 Å². The summed E-state index contributed by atoms with van der Waals surface area (Å²) in [5.41, 5.74) is 0.0654. The Morgan fingerprint density at radius 3 is 2.47 bits per heavy atom. The predicted octanol–water partition coefficient (Wildman–Crippen LogP) is 2.70. The van der Waals surface area contributed by atoms with Gasteiger partial charge in [0.2, 0.25) is 0 Å². The number of hydrogen-bond acceptors (Lipinski definition) is 2. The van der Waals surface area contributed by atoms with Gasteiger partial charge < -0.3 is 4.90 Å². The number of ketones is 1. The van der Waals surface area contributed by atoms with E-state index < -0.39 is 30.1 Å². The van der Waals surface area contributed by atoms with Crippen molar-refractivity contribution in [3.8, 4) is 0 Å².